The number of rotatable bonds is 7. The van der Waals surface area contributed by atoms with E-state index in [1.165, 1.54) is 6.39 Å². The second-order valence-electron chi connectivity index (χ2n) is 6.16. The van der Waals surface area contributed by atoms with Crippen molar-refractivity contribution in [2.45, 2.75) is 65.1 Å². The van der Waals surface area contributed by atoms with Crippen molar-refractivity contribution in [3.63, 3.8) is 0 Å². The minimum Gasteiger partial charge on any atom is -0.447 e. The highest BCUT2D eigenvalue weighted by molar-refractivity contribution is 5.67. The van der Waals surface area contributed by atoms with Crippen LogP contribution in [0.5, 0.6) is 0 Å². The van der Waals surface area contributed by atoms with Gasteiger partial charge in [-0.25, -0.2) is 9.78 Å². The molecule has 6 heteroatoms. The molecule has 6 nitrogen and oxygen atoms in total. The highest BCUT2D eigenvalue weighted by atomic mass is 16.6. The first-order chi connectivity index (χ1) is 9.80. The Balaban J connectivity index is 2.53. The Morgan fingerprint density at radius 2 is 2.00 bits per heavy atom. The SMILES string of the molecule is CCC(CC)(CNC(=O)OC(C)(C)C)NCc1cnco1. The maximum Gasteiger partial charge on any atom is 0.407 e. The first-order valence-corrected chi connectivity index (χ1v) is 7.39. The van der Waals surface area contributed by atoms with E-state index in [2.05, 4.69) is 29.5 Å². The molecule has 0 unspecified atom stereocenters. The molecule has 0 saturated heterocycles. The Morgan fingerprint density at radius 3 is 2.48 bits per heavy atom. The summed E-state index contributed by atoms with van der Waals surface area (Å²) in [6.45, 7) is 10.8. The summed E-state index contributed by atoms with van der Waals surface area (Å²) in [5, 5.41) is 6.29. The Morgan fingerprint density at radius 1 is 1.33 bits per heavy atom. The van der Waals surface area contributed by atoms with Crippen molar-refractivity contribution in [1.29, 1.82) is 0 Å². The lowest BCUT2D eigenvalue weighted by atomic mass is 9.92. The van der Waals surface area contributed by atoms with Gasteiger partial charge in [-0.3, -0.25) is 0 Å². The minimum atomic E-state index is -0.488. The monoisotopic (exact) mass is 297 g/mol. The Labute approximate surface area is 126 Å². The molecule has 21 heavy (non-hydrogen) atoms. The minimum absolute atomic E-state index is 0.191. The molecule has 0 aliphatic carbocycles. The van der Waals surface area contributed by atoms with Crippen LogP contribution in [0.1, 0.15) is 53.2 Å². The van der Waals surface area contributed by atoms with Gasteiger partial charge in [0.05, 0.1) is 12.7 Å². The van der Waals surface area contributed by atoms with Gasteiger partial charge in [0.2, 0.25) is 0 Å². The van der Waals surface area contributed by atoms with Gasteiger partial charge >= 0.3 is 6.09 Å². The number of amides is 1. The van der Waals surface area contributed by atoms with E-state index in [1.54, 1.807) is 6.20 Å². The van der Waals surface area contributed by atoms with Crippen molar-refractivity contribution in [2.75, 3.05) is 6.54 Å². The first kappa shape index (κ1) is 17.5. The Kier molecular flexibility index (Phi) is 6.20. The standard InChI is InChI=1S/C15H27N3O3/c1-6-15(7-2,18-9-12-8-16-11-20-12)10-17-13(19)21-14(3,4)5/h8,11,18H,6-7,9-10H2,1-5H3,(H,17,19). The second-order valence-corrected chi connectivity index (χ2v) is 6.16. The van der Waals surface area contributed by atoms with Gasteiger partial charge in [-0.15, -0.1) is 0 Å². The average Bonchev–Trinajstić information content (AvgIpc) is 2.91. The quantitative estimate of drug-likeness (QED) is 0.809. The van der Waals surface area contributed by atoms with E-state index < -0.39 is 11.7 Å². The first-order valence-electron chi connectivity index (χ1n) is 7.39. The molecule has 1 aromatic heterocycles. The molecule has 0 atom stereocenters. The van der Waals surface area contributed by atoms with E-state index in [9.17, 15) is 4.79 Å². The van der Waals surface area contributed by atoms with Crippen LogP contribution in [0.4, 0.5) is 4.79 Å². The fourth-order valence-corrected chi connectivity index (χ4v) is 1.97. The number of aromatic nitrogens is 1. The molecule has 0 saturated carbocycles. The van der Waals surface area contributed by atoms with Crippen LogP contribution in [0.15, 0.2) is 17.0 Å². The normalized spacial score (nSPS) is 12.2. The van der Waals surface area contributed by atoms with Crippen LogP contribution in [-0.2, 0) is 11.3 Å². The Hall–Kier alpha value is -1.56. The molecule has 2 N–H and O–H groups in total. The number of carbonyl (C=O) groups is 1. The maximum atomic E-state index is 11.8. The number of oxazole rings is 1. The van der Waals surface area contributed by atoms with Gasteiger partial charge in [-0.05, 0) is 33.6 Å². The summed E-state index contributed by atoms with van der Waals surface area (Å²) in [7, 11) is 0. The van der Waals surface area contributed by atoms with Gasteiger partial charge < -0.3 is 19.8 Å². The number of hydrogen-bond donors (Lipinski definition) is 2. The average molecular weight is 297 g/mol. The van der Waals surface area contributed by atoms with Gasteiger partial charge in [0, 0.05) is 12.1 Å². The van der Waals surface area contributed by atoms with Gasteiger partial charge in [0.25, 0.3) is 0 Å². The lowest BCUT2D eigenvalue weighted by molar-refractivity contribution is 0.0506. The van der Waals surface area contributed by atoms with E-state index >= 15 is 0 Å². The van der Waals surface area contributed by atoms with Crippen molar-refractivity contribution in [3.8, 4) is 0 Å². The number of nitrogens with one attached hydrogen (secondary N) is 2. The summed E-state index contributed by atoms with van der Waals surface area (Å²) in [4.78, 5) is 15.7. The zero-order chi connectivity index (χ0) is 15.9. The van der Waals surface area contributed by atoms with Crippen LogP contribution >= 0.6 is 0 Å². The summed E-state index contributed by atoms with van der Waals surface area (Å²) >= 11 is 0. The molecule has 0 radical (unpaired) electrons. The lowest BCUT2D eigenvalue weighted by Gasteiger charge is -2.33. The van der Waals surface area contributed by atoms with Crippen LogP contribution in [0.3, 0.4) is 0 Å². The summed E-state index contributed by atoms with van der Waals surface area (Å²) in [6, 6.07) is 0. The van der Waals surface area contributed by atoms with Crippen molar-refractivity contribution < 1.29 is 13.9 Å². The van der Waals surface area contributed by atoms with Crippen molar-refractivity contribution in [3.05, 3.63) is 18.4 Å². The van der Waals surface area contributed by atoms with Crippen molar-refractivity contribution in [1.82, 2.24) is 15.6 Å². The molecule has 0 aliphatic heterocycles. The number of ether oxygens (including phenoxy) is 1. The fraction of sp³-hybridized carbons (Fsp3) is 0.733. The zero-order valence-electron chi connectivity index (χ0n) is 13.7. The van der Waals surface area contributed by atoms with Gasteiger partial charge in [-0.2, -0.15) is 0 Å². The van der Waals surface area contributed by atoms with Gasteiger partial charge in [-0.1, -0.05) is 13.8 Å². The maximum absolute atomic E-state index is 11.8. The van der Waals surface area contributed by atoms with Crippen molar-refractivity contribution in [2.24, 2.45) is 0 Å². The van der Waals surface area contributed by atoms with Crippen LogP contribution in [0, 0.1) is 0 Å². The summed E-state index contributed by atoms with van der Waals surface area (Å²) in [6.07, 6.45) is 4.47. The van der Waals surface area contributed by atoms with Crippen molar-refractivity contribution >= 4 is 6.09 Å². The summed E-state index contributed by atoms with van der Waals surface area (Å²) in [5.41, 5.74) is -0.678. The Bertz CT molecular complexity index is 420. The topological polar surface area (TPSA) is 76.4 Å². The molecular formula is C15H27N3O3. The van der Waals surface area contributed by atoms with Gasteiger partial charge in [0.15, 0.2) is 6.39 Å². The number of nitrogens with zero attached hydrogens (tertiary/aromatic N) is 1. The molecule has 1 heterocycles. The van der Waals surface area contributed by atoms with E-state index in [0.717, 1.165) is 18.6 Å². The van der Waals surface area contributed by atoms with Crippen LogP contribution in [0.2, 0.25) is 0 Å². The second kappa shape index (κ2) is 7.45. The highest BCUT2D eigenvalue weighted by Gasteiger charge is 2.27. The smallest absolute Gasteiger partial charge is 0.407 e. The van der Waals surface area contributed by atoms with E-state index in [-0.39, 0.29) is 5.54 Å². The van der Waals surface area contributed by atoms with Gasteiger partial charge in [0.1, 0.15) is 11.4 Å². The summed E-state index contributed by atoms with van der Waals surface area (Å²) in [5.74, 6) is 0.776. The van der Waals surface area contributed by atoms with E-state index in [0.29, 0.717) is 13.1 Å². The van der Waals surface area contributed by atoms with E-state index in [1.807, 2.05) is 20.8 Å². The molecule has 0 bridgehead atoms. The lowest BCUT2D eigenvalue weighted by Crippen LogP contribution is -2.53. The van der Waals surface area contributed by atoms with Crippen LogP contribution < -0.4 is 10.6 Å². The molecule has 1 aromatic rings. The number of alkyl carbamates (subject to hydrolysis) is 1. The summed E-state index contributed by atoms with van der Waals surface area (Å²) < 4.78 is 10.5. The molecule has 0 aliphatic rings. The molecular weight excluding hydrogens is 270 g/mol. The third-order valence-corrected chi connectivity index (χ3v) is 3.44. The third kappa shape index (κ3) is 6.16. The molecule has 0 fully saturated rings. The van der Waals surface area contributed by atoms with E-state index in [4.69, 9.17) is 9.15 Å². The number of carbonyl (C=O) groups excluding carboxylic acids is 1. The third-order valence-electron chi connectivity index (χ3n) is 3.44. The predicted octanol–water partition coefficient (Wildman–Crippen LogP) is 2.85. The molecule has 0 spiro atoms. The molecule has 1 amide bonds. The molecule has 120 valence electrons. The highest BCUT2D eigenvalue weighted by Crippen LogP contribution is 2.16. The zero-order valence-corrected chi connectivity index (χ0v) is 13.7. The van der Waals surface area contributed by atoms with Crippen LogP contribution in [0.25, 0.3) is 0 Å². The number of hydrogen-bond acceptors (Lipinski definition) is 5. The molecule has 0 aromatic carbocycles. The predicted molar refractivity (Wildman–Crippen MR) is 80.9 cm³/mol. The van der Waals surface area contributed by atoms with Crippen LogP contribution in [-0.4, -0.2) is 28.8 Å². The molecule has 1 rings (SSSR count). The largest absolute Gasteiger partial charge is 0.447 e. The fourth-order valence-electron chi connectivity index (χ4n) is 1.97.